The van der Waals surface area contributed by atoms with E-state index in [1.165, 1.54) is 5.31 Å². The van der Waals surface area contributed by atoms with Crippen molar-refractivity contribution in [1.29, 1.82) is 0 Å². The zero-order valence-corrected chi connectivity index (χ0v) is 13.9. The number of allylic oxidation sites excluding steroid dienone is 1. The van der Waals surface area contributed by atoms with Crippen molar-refractivity contribution in [2.45, 2.75) is 13.3 Å². The average Bonchev–Trinajstić information content (AvgIpc) is 2.64. The fraction of sp³-hybridized carbons (Fsp3) is 0.105. The predicted molar refractivity (Wildman–Crippen MR) is 97.2 cm³/mol. The van der Waals surface area contributed by atoms with E-state index in [2.05, 4.69) is 40.1 Å². The Labute approximate surface area is 137 Å². The van der Waals surface area contributed by atoms with Gasteiger partial charge in [0.15, 0.2) is 0 Å². The Morgan fingerprint density at radius 3 is 1.83 bits per heavy atom. The van der Waals surface area contributed by atoms with Crippen molar-refractivity contribution in [3.05, 3.63) is 84.2 Å². The van der Waals surface area contributed by atoms with Crippen LogP contribution in [0.1, 0.15) is 19.0 Å². The maximum absolute atomic E-state index is 4.59. The van der Waals surface area contributed by atoms with Gasteiger partial charge in [-0.3, -0.25) is 15.0 Å². The highest BCUT2D eigenvalue weighted by Gasteiger charge is 2.20. The van der Waals surface area contributed by atoms with E-state index in [-0.39, 0.29) is 0 Å². The van der Waals surface area contributed by atoms with Gasteiger partial charge in [0.05, 0.1) is 16.6 Å². The lowest BCUT2D eigenvalue weighted by molar-refractivity contribution is 1.19. The molecule has 0 aliphatic carbocycles. The summed E-state index contributed by atoms with van der Waals surface area (Å²) in [5.41, 5.74) is 3.12. The van der Waals surface area contributed by atoms with E-state index in [1.54, 1.807) is 0 Å². The molecule has 3 aromatic heterocycles. The predicted octanol–water partition coefficient (Wildman–Crippen LogP) is 3.76. The van der Waals surface area contributed by atoms with E-state index in [0.717, 1.165) is 23.0 Å². The molecule has 0 aliphatic heterocycles. The van der Waals surface area contributed by atoms with Gasteiger partial charge >= 0.3 is 0 Å². The van der Waals surface area contributed by atoms with Crippen molar-refractivity contribution in [3.8, 4) is 0 Å². The fourth-order valence-electron chi connectivity index (χ4n) is 2.34. The molecule has 114 valence electrons. The molecule has 3 nitrogen and oxygen atoms in total. The Balaban J connectivity index is 2.09. The summed E-state index contributed by atoms with van der Waals surface area (Å²) in [6.45, 7) is 2.18. The van der Waals surface area contributed by atoms with Crippen LogP contribution in [0.5, 0.6) is 0 Å². The minimum Gasteiger partial charge on any atom is -0.257 e. The first-order valence-electron chi connectivity index (χ1n) is 7.62. The quantitative estimate of drug-likeness (QED) is 0.672. The summed E-state index contributed by atoms with van der Waals surface area (Å²) >= 11 is 0. The molecule has 0 aromatic carbocycles. The molecule has 3 rings (SSSR count). The third kappa shape index (κ3) is 3.88. The highest BCUT2D eigenvalue weighted by atomic mass is 31.1. The van der Waals surface area contributed by atoms with Gasteiger partial charge in [0.25, 0.3) is 0 Å². The second-order valence-electron chi connectivity index (χ2n) is 4.96. The molecule has 0 amide bonds. The van der Waals surface area contributed by atoms with Gasteiger partial charge in [-0.05, 0) is 54.2 Å². The largest absolute Gasteiger partial charge is 0.257 e. The number of aromatic nitrogens is 3. The van der Waals surface area contributed by atoms with E-state index in [9.17, 15) is 0 Å². The summed E-state index contributed by atoms with van der Waals surface area (Å²) in [7, 11) is -0.739. The van der Waals surface area contributed by atoms with Crippen LogP contribution in [0.25, 0.3) is 6.08 Å². The Morgan fingerprint density at radius 2 is 1.39 bits per heavy atom. The molecule has 3 aromatic rings. The van der Waals surface area contributed by atoms with Crippen LogP contribution in [0, 0.1) is 0 Å². The maximum Gasteiger partial charge on any atom is 0.0734 e. The monoisotopic (exact) mass is 319 g/mol. The highest BCUT2D eigenvalue weighted by molar-refractivity contribution is 7.76. The lowest BCUT2D eigenvalue weighted by Gasteiger charge is -2.19. The molecule has 0 N–H and O–H groups in total. The van der Waals surface area contributed by atoms with E-state index in [4.69, 9.17) is 0 Å². The zero-order valence-electron chi connectivity index (χ0n) is 13.0. The minimum absolute atomic E-state index is 0.739. The van der Waals surface area contributed by atoms with Crippen molar-refractivity contribution in [3.63, 3.8) is 0 Å². The van der Waals surface area contributed by atoms with Crippen molar-refractivity contribution in [2.24, 2.45) is 0 Å². The summed E-state index contributed by atoms with van der Waals surface area (Å²) < 4.78 is 0. The van der Waals surface area contributed by atoms with Crippen LogP contribution in [0.4, 0.5) is 0 Å². The van der Waals surface area contributed by atoms with Gasteiger partial charge < -0.3 is 0 Å². The number of nitrogens with zero attached hydrogens (tertiary/aromatic N) is 3. The van der Waals surface area contributed by atoms with Crippen molar-refractivity contribution in [1.82, 2.24) is 15.0 Å². The Kier molecular flexibility index (Phi) is 5.23. The smallest absolute Gasteiger partial charge is 0.0734 e. The lowest BCUT2D eigenvalue weighted by Crippen LogP contribution is -2.18. The summed E-state index contributed by atoms with van der Waals surface area (Å²) in [5, 5.41) is 1.32. The normalized spacial score (nSPS) is 11.7. The Hall–Kier alpha value is -2.38. The molecule has 0 aliphatic rings. The van der Waals surface area contributed by atoms with Gasteiger partial charge in [0.2, 0.25) is 0 Å². The molecule has 0 saturated heterocycles. The van der Waals surface area contributed by atoms with Crippen LogP contribution in [0.3, 0.4) is 0 Å². The first kappa shape index (κ1) is 15.5. The van der Waals surface area contributed by atoms with E-state index in [0.29, 0.717) is 0 Å². The molecule has 23 heavy (non-hydrogen) atoms. The molecule has 0 bridgehead atoms. The van der Waals surface area contributed by atoms with Crippen molar-refractivity contribution < 1.29 is 0 Å². The molecule has 0 saturated carbocycles. The number of rotatable bonds is 5. The van der Waals surface area contributed by atoms with E-state index < -0.39 is 7.92 Å². The molecule has 4 heteroatoms. The van der Waals surface area contributed by atoms with Gasteiger partial charge in [0.1, 0.15) is 0 Å². The molecule has 0 fully saturated rings. The summed E-state index contributed by atoms with van der Waals surface area (Å²) in [6.07, 6.45) is 8.64. The Morgan fingerprint density at radius 1 is 0.826 bits per heavy atom. The summed E-state index contributed by atoms with van der Waals surface area (Å²) in [5.74, 6) is 0. The number of hydrogen-bond acceptors (Lipinski definition) is 3. The molecule has 0 spiro atoms. The standard InChI is InChI=1S/C19H18N3P/c1-2-17(15-16-9-3-6-12-20-16)23(18-10-4-7-13-21-18)19-11-5-8-14-22-19/h3-15H,2H2,1H3. The third-order valence-electron chi connectivity index (χ3n) is 3.41. The van der Waals surface area contributed by atoms with Gasteiger partial charge in [-0.15, -0.1) is 0 Å². The van der Waals surface area contributed by atoms with Crippen LogP contribution in [-0.4, -0.2) is 15.0 Å². The first-order valence-corrected chi connectivity index (χ1v) is 8.96. The van der Waals surface area contributed by atoms with Crippen LogP contribution in [0.15, 0.2) is 78.5 Å². The first-order chi connectivity index (χ1) is 11.4. The molecular weight excluding hydrogens is 301 g/mol. The summed E-state index contributed by atoms with van der Waals surface area (Å²) in [4.78, 5) is 13.6. The highest BCUT2D eigenvalue weighted by Crippen LogP contribution is 2.44. The second kappa shape index (κ2) is 7.75. The third-order valence-corrected chi connectivity index (χ3v) is 5.87. The number of pyridine rings is 3. The molecule has 0 unspecified atom stereocenters. The van der Waals surface area contributed by atoms with Crippen molar-refractivity contribution in [2.75, 3.05) is 0 Å². The van der Waals surface area contributed by atoms with Crippen LogP contribution in [0.2, 0.25) is 0 Å². The topological polar surface area (TPSA) is 38.7 Å². The molecule has 3 heterocycles. The van der Waals surface area contributed by atoms with Crippen molar-refractivity contribution >= 4 is 24.9 Å². The van der Waals surface area contributed by atoms with Gasteiger partial charge in [-0.2, -0.15) is 0 Å². The van der Waals surface area contributed by atoms with Gasteiger partial charge in [0, 0.05) is 26.5 Å². The lowest BCUT2D eigenvalue weighted by atomic mass is 10.3. The molecule has 0 radical (unpaired) electrons. The molecule has 0 atom stereocenters. The van der Waals surface area contributed by atoms with E-state index >= 15 is 0 Å². The molecular formula is C19H18N3P. The van der Waals surface area contributed by atoms with E-state index in [1.807, 2.05) is 61.1 Å². The fourth-order valence-corrected chi connectivity index (χ4v) is 4.58. The zero-order chi connectivity index (χ0) is 15.9. The Bertz CT molecular complexity index is 719. The maximum atomic E-state index is 4.59. The second-order valence-corrected chi connectivity index (χ2v) is 7.12. The SMILES string of the molecule is CCC(=Cc1ccccn1)P(c1ccccn1)c1ccccn1. The van der Waals surface area contributed by atoms with Crippen LogP contribution >= 0.6 is 7.92 Å². The summed E-state index contributed by atoms with van der Waals surface area (Å²) in [6, 6.07) is 18.1. The average molecular weight is 319 g/mol. The number of hydrogen-bond donors (Lipinski definition) is 0. The minimum atomic E-state index is -0.739. The van der Waals surface area contributed by atoms with Gasteiger partial charge in [-0.1, -0.05) is 25.1 Å². The van der Waals surface area contributed by atoms with Gasteiger partial charge in [-0.25, -0.2) is 0 Å². The van der Waals surface area contributed by atoms with Crippen LogP contribution < -0.4 is 10.9 Å². The van der Waals surface area contributed by atoms with Crippen LogP contribution in [-0.2, 0) is 0 Å².